The highest BCUT2D eigenvalue weighted by Gasteiger charge is 2.36. The Kier molecular flexibility index (Phi) is 4.86. The Balaban J connectivity index is 2.09. The molecule has 1 aliphatic rings. The molecule has 0 atom stereocenters. The molecule has 0 unspecified atom stereocenters. The molecule has 1 aliphatic carbocycles. The predicted molar refractivity (Wildman–Crippen MR) is 83.5 cm³/mol. The second-order valence-corrected chi connectivity index (χ2v) is 6.57. The van der Waals surface area contributed by atoms with E-state index in [0.29, 0.717) is 0 Å². The molecule has 4 nitrogen and oxygen atoms in total. The van der Waals surface area contributed by atoms with E-state index in [9.17, 15) is 0 Å². The van der Waals surface area contributed by atoms with Crippen molar-refractivity contribution in [3.63, 3.8) is 0 Å². The number of rotatable bonds is 5. The van der Waals surface area contributed by atoms with Crippen molar-refractivity contribution >= 4 is 0 Å². The summed E-state index contributed by atoms with van der Waals surface area (Å²) in [4.78, 5) is 2.47. The van der Waals surface area contributed by atoms with E-state index >= 15 is 0 Å². The molecule has 4 heteroatoms. The second-order valence-electron chi connectivity index (χ2n) is 6.57. The lowest BCUT2D eigenvalue weighted by Crippen LogP contribution is -2.53. The highest BCUT2D eigenvalue weighted by Crippen LogP contribution is 2.35. The van der Waals surface area contributed by atoms with E-state index < -0.39 is 0 Å². The van der Waals surface area contributed by atoms with Crippen LogP contribution < -0.4 is 5.73 Å². The van der Waals surface area contributed by atoms with Crippen molar-refractivity contribution in [2.24, 2.45) is 18.7 Å². The summed E-state index contributed by atoms with van der Waals surface area (Å²) in [6.45, 7) is 6.21. The molecular weight excluding hydrogens is 248 g/mol. The van der Waals surface area contributed by atoms with Gasteiger partial charge in [-0.05, 0) is 51.1 Å². The standard InChI is InChI=1S/C16H30N4/c1-5-14-10-15(20(4)18-14)11-19(3)16(12-17)8-6-13(2)7-9-16/h10,13H,5-9,11-12,17H2,1-4H3. The molecule has 20 heavy (non-hydrogen) atoms. The van der Waals surface area contributed by atoms with E-state index in [1.807, 2.05) is 11.7 Å². The summed E-state index contributed by atoms with van der Waals surface area (Å²) in [6.07, 6.45) is 6.04. The van der Waals surface area contributed by atoms with Crippen LogP contribution in [0.25, 0.3) is 0 Å². The first-order valence-corrected chi connectivity index (χ1v) is 7.94. The summed E-state index contributed by atoms with van der Waals surface area (Å²) in [5.74, 6) is 0.853. The lowest BCUT2D eigenvalue weighted by atomic mass is 9.76. The topological polar surface area (TPSA) is 47.1 Å². The molecular formula is C16H30N4. The average Bonchev–Trinajstić information content (AvgIpc) is 2.80. The summed E-state index contributed by atoms with van der Waals surface area (Å²) >= 11 is 0. The molecule has 0 saturated heterocycles. The van der Waals surface area contributed by atoms with Gasteiger partial charge < -0.3 is 5.73 Å². The maximum Gasteiger partial charge on any atom is 0.0625 e. The SMILES string of the molecule is CCc1cc(CN(C)C2(CN)CCC(C)CC2)n(C)n1. The van der Waals surface area contributed by atoms with Gasteiger partial charge in [0.2, 0.25) is 0 Å². The van der Waals surface area contributed by atoms with Crippen LogP contribution in [0, 0.1) is 5.92 Å². The van der Waals surface area contributed by atoms with Gasteiger partial charge in [0, 0.05) is 25.7 Å². The van der Waals surface area contributed by atoms with Gasteiger partial charge in [0.25, 0.3) is 0 Å². The Labute approximate surface area is 123 Å². The summed E-state index contributed by atoms with van der Waals surface area (Å²) in [7, 11) is 4.27. The average molecular weight is 278 g/mol. The van der Waals surface area contributed by atoms with E-state index in [4.69, 9.17) is 5.73 Å². The van der Waals surface area contributed by atoms with Crippen molar-refractivity contribution in [2.45, 2.75) is 58.0 Å². The van der Waals surface area contributed by atoms with Gasteiger partial charge in [-0.25, -0.2) is 0 Å². The van der Waals surface area contributed by atoms with Crippen molar-refractivity contribution in [3.05, 3.63) is 17.5 Å². The first kappa shape index (κ1) is 15.5. The number of aryl methyl sites for hydroxylation is 2. The van der Waals surface area contributed by atoms with Gasteiger partial charge in [0.05, 0.1) is 11.4 Å². The predicted octanol–water partition coefficient (Wildman–Crippen LogP) is 2.32. The van der Waals surface area contributed by atoms with Gasteiger partial charge in [-0.1, -0.05) is 13.8 Å². The molecule has 0 aliphatic heterocycles. The number of likely N-dealkylation sites (N-methyl/N-ethyl adjacent to an activating group) is 1. The minimum absolute atomic E-state index is 0.184. The Morgan fingerprint density at radius 3 is 2.60 bits per heavy atom. The Hall–Kier alpha value is -0.870. The molecule has 0 spiro atoms. The number of hydrogen-bond donors (Lipinski definition) is 1. The Morgan fingerprint density at radius 1 is 1.45 bits per heavy atom. The van der Waals surface area contributed by atoms with Crippen LogP contribution in [-0.4, -0.2) is 33.8 Å². The fraction of sp³-hybridized carbons (Fsp3) is 0.812. The summed E-state index contributed by atoms with van der Waals surface area (Å²) in [5.41, 5.74) is 8.79. The molecule has 2 rings (SSSR count). The number of nitrogens with two attached hydrogens (primary N) is 1. The van der Waals surface area contributed by atoms with Crippen LogP contribution >= 0.6 is 0 Å². The lowest BCUT2D eigenvalue weighted by molar-refractivity contribution is 0.0597. The minimum atomic E-state index is 0.184. The normalized spacial score (nSPS) is 27.2. The number of aromatic nitrogens is 2. The molecule has 0 aromatic carbocycles. The third-order valence-corrected chi connectivity index (χ3v) is 5.18. The van der Waals surface area contributed by atoms with Crippen LogP contribution in [0.3, 0.4) is 0 Å². The zero-order valence-corrected chi connectivity index (χ0v) is 13.5. The van der Waals surface area contributed by atoms with E-state index in [0.717, 1.165) is 25.4 Å². The fourth-order valence-electron chi connectivity index (χ4n) is 3.34. The van der Waals surface area contributed by atoms with Gasteiger partial charge >= 0.3 is 0 Å². The zero-order valence-electron chi connectivity index (χ0n) is 13.5. The molecule has 1 aromatic rings. The molecule has 1 heterocycles. The van der Waals surface area contributed by atoms with Gasteiger partial charge in [-0.15, -0.1) is 0 Å². The van der Waals surface area contributed by atoms with E-state index in [2.05, 4.69) is 37.0 Å². The van der Waals surface area contributed by atoms with Crippen molar-refractivity contribution in [2.75, 3.05) is 13.6 Å². The molecule has 114 valence electrons. The monoisotopic (exact) mass is 278 g/mol. The molecule has 1 aromatic heterocycles. The molecule has 0 amide bonds. The largest absolute Gasteiger partial charge is 0.329 e. The summed E-state index contributed by atoms with van der Waals surface area (Å²) < 4.78 is 2.02. The summed E-state index contributed by atoms with van der Waals surface area (Å²) in [5, 5.41) is 4.55. The second kappa shape index (κ2) is 6.27. The van der Waals surface area contributed by atoms with Crippen molar-refractivity contribution in [1.29, 1.82) is 0 Å². The maximum atomic E-state index is 6.14. The van der Waals surface area contributed by atoms with E-state index in [-0.39, 0.29) is 5.54 Å². The molecule has 1 saturated carbocycles. The quantitative estimate of drug-likeness (QED) is 0.899. The number of hydrogen-bond acceptors (Lipinski definition) is 3. The van der Waals surface area contributed by atoms with Gasteiger partial charge in [-0.2, -0.15) is 5.10 Å². The summed E-state index contributed by atoms with van der Waals surface area (Å²) in [6, 6.07) is 2.23. The molecule has 2 N–H and O–H groups in total. The highest BCUT2D eigenvalue weighted by atomic mass is 15.3. The van der Waals surface area contributed by atoms with Crippen LogP contribution in [0.1, 0.15) is 50.9 Å². The molecule has 1 fully saturated rings. The van der Waals surface area contributed by atoms with E-state index in [1.165, 1.54) is 37.1 Å². The first-order valence-electron chi connectivity index (χ1n) is 7.94. The minimum Gasteiger partial charge on any atom is -0.329 e. The first-order chi connectivity index (χ1) is 9.50. The van der Waals surface area contributed by atoms with Crippen LogP contribution in [0.5, 0.6) is 0 Å². The van der Waals surface area contributed by atoms with Crippen LogP contribution in [0.15, 0.2) is 6.07 Å². The van der Waals surface area contributed by atoms with Gasteiger partial charge in [-0.3, -0.25) is 9.58 Å². The lowest BCUT2D eigenvalue weighted by Gasteiger charge is -2.45. The third kappa shape index (κ3) is 3.07. The van der Waals surface area contributed by atoms with Crippen LogP contribution in [0.4, 0.5) is 0 Å². The fourth-order valence-corrected chi connectivity index (χ4v) is 3.34. The molecule has 0 radical (unpaired) electrons. The van der Waals surface area contributed by atoms with Crippen molar-refractivity contribution < 1.29 is 0 Å². The highest BCUT2D eigenvalue weighted by molar-refractivity contribution is 5.11. The van der Waals surface area contributed by atoms with Crippen LogP contribution in [0.2, 0.25) is 0 Å². The van der Waals surface area contributed by atoms with Crippen molar-refractivity contribution in [1.82, 2.24) is 14.7 Å². The van der Waals surface area contributed by atoms with E-state index in [1.54, 1.807) is 0 Å². The third-order valence-electron chi connectivity index (χ3n) is 5.18. The zero-order chi connectivity index (χ0) is 14.8. The maximum absolute atomic E-state index is 6.14. The smallest absolute Gasteiger partial charge is 0.0625 e. The Bertz CT molecular complexity index is 430. The Morgan fingerprint density at radius 2 is 2.10 bits per heavy atom. The van der Waals surface area contributed by atoms with Gasteiger partial charge in [0.1, 0.15) is 0 Å². The van der Waals surface area contributed by atoms with Gasteiger partial charge in [0.15, 0.2) is 0 Å². The molecule has 0 bridgehead atoms. The van der Waals surface area contributed by atoms with Crippen molar-refractivity contribution in [3.8, 4) is 0 Å². The van der Waals surface area contributed by atoms with Crippen LogP contribution in [-0.2, 0) is 20.0 Å². The number of nitrogens with zero attached hydrogens (tertiary/aromatic N) is 3.